The molecule has 1 aromatic heterocycles. The predicted molar refractivity (Wildman–Crippen MR) is 70.2 cm³/mol. The van der Waals surface area contributed by atoms with Gasteiger partial charge in [-0.05, 0) is 39.4 Å². The third-order valence-corrected chi connectivity index (χ3v) is 4.55. The van der Waals surface area contributed by atoms with E-state index in [0.717, 1.165) is 25.2 Å². The molecule has 1 unspecified atom stereocenters. The second kappa shape index (κ2) is 5.61. The highest BCUT2D eigenvalue weighted by atomic mass is 32.1. The highest BCUT2D eigenvalue weighted by molar-refractivity contribution is 7.09. The Hall–Kier alpha value is -0.920. The van der Waals surface area contributed by atoms with Gasteiger partial charge in [-0.25, -0.2) is 4.98 Å². The summed E-state index contributed by atoms with van der Waals surface area (Å²) in [6.45, 7) is 4.37. The van der Waals surface area contributed by atoms with Crippen LogP contribution in [0.15, 0.2) is 5.38 Å². The van der Waals surface area contributed by atoms with E-state index in [4.69, 9.17) is 5.26 Å². The van der Waals surface area contributed by atoms with E-state index in [9.17, 15) is 0 Å². The van der Waals surface area contributed by atoms with E-state index in [0.29, 0.717) is 5.92 Å². The van der Waals surface area contributed by atoms with Gasteiger partial charge < -0.3 is 4.90 Å². The van der Waals surface area contributed by atoms with E-state index < -0.39 is 0 Å². The Balaban J connectivity index is 2.06. The summed E-state index contributed by atoms with van der Waals surface area (Å²) < 4.78 is 0. The van der Waals surface area contributed by atoms with Gasteiger partial charge >= 0.3 is 0 Å². The number of thiazole rings is 1. The number of nitrogens with zero attached hydrogens (tertiary/aromatic N) is 3. The van der Waals surface area contributed by atoms with Crippen molar-refractivity contribution in [2.45, 2.75) is 38.0 Å². The molecular weight excluding hydrogens is 230 g/mol. The van der Waals surface area contributed by atoms with Crippen molar-refractivity contribution in [2.24, 2.45) is 0 Å². The van der Waals surface area contributed by atoms with Crippen LogP contribution in [-0.4, -0.2) is 30.0 Å². The zero-order chi connectivity index (χ0) is 12.3. The monoisotopic (exact) mass is 249 g/mol. The van der Waals surface area contributed by atoms with Gasteiger partial charge in [0.15, 0.2) is 0 Å². The van der Waals surface area contributed by atoms with Crippen LogP contribution in [0.1, 0.15) is 48.7 Å². The minimum absolute atomic E-state index is 0.0220. The maximum absolute atomic E-state index is 9.04. The van der Waals surface area contributed by atoms with Gasteiger partial charge in [0.2, 0.25) is 0 Å². The zero-order valence-corrected chi connectivity index (χ0v) is 11.3. The van der Waals surface area contributed by atoms with Crippen molar-refractivity contribution < 1.29 is 0 Å². The Labute approximate surface area is 107 Å². The molecule has 0 N–H and O–H groups in total. The van der Waals surface area contributed by atoms with Gasteiger partial charge in [0, 0.05) is 11.3 Å². The highest BCUT2D eigenvalue weighted by Gasteiger charge is 2.22. The number of rotatable bonds is 3. The van der Waals surface area contributed by atoms with Gasteiger partial charge in [0.25, 0.3) is 0 Å². The quantitative estimate of drug-likeness (QED) is 0.827. The standard InChI is InChI=1S/C13H19N3S/c1-3-10(8-14)12-9-17-13(15-12)11-4-6-16(2)7-5-11/h9-11H,3-7H2,1-2H3. The fourth-order valence-corrected chi connectivity index (χ4v) is 3.32. The number of aromatic nitrogens is 1. The summed E-state index contributed by atoms with van der Waals surface area (Å²) >= 11 is 1.74. The summed E-state index contributed by atoms with van der Waals surface area (Å²) in [5.74, 6) is 0.590. The van der Waals surface area contributed by atoms with Gasteiger partial charge in [0.05, 0.1) is 22.7 Å². The number of hydrogen-bond acceptors (Lipinski definition) is 4. The molecule has 1 atom stereocenters. The van der Waals surface area contributed by atoms with Crippen LogP contribution in [0.25, 0.3) is 0 Å². The molecule has 0 bridgehead atoms. The van der Waals surface area contributed by atoms with Crippen molar-refractivity contribution in [3.8, 4) is 6.07 Å². The van der Waals surface area contributed by atoms with Gasteiger partial charge in [-0.3, -0.25) is 0 Å². The van der Waals surface area contributed by atoms with Gasteiger partial charge in [0.1, 0.15) is 0 Å². The molecule has 1 saturated heterocycles. The van der Waals surface area contributed by atoms with Crippen molar-refractivity contribution in [2.75, 3.05) is 20.1 Å². The van der Waals surface area contributed by atoms with Crippen LogP contribution in [0, 0.1) is 11.3 Å². The van der Waals surface area contributed by atoms with E-state index in [-0.39, 0.29) is 5.92 Å². The van der Waals surface area contributed by atoms with Crippen molar-refractivity contribution in [1.29, 1.82) is 5.26 Å². The lowest BCUT2D eigenvalue weighted by Gasteiger charge is -2.27. The highest BCUT2D eigenvalue weighted by Crippen LogP contribution is 2.31. The largest absolute Gasteiger partial charge is 0.306 e. The molecule has 1 aliphatic heterocycles. The van der Waals surface area contributed by atoms with E-state index in [1.54, 1.807) is 11.3 Å². The van der Waals surface area contributed by atoms with Gasteiger partial charge in [-0.1, -0.05) is 6.92 Å². The van der Waals surface area contributed by atoms with E-state index in [2.05, 4.69) is 28.4 Å². The molecule has 0 amide bonds. The molecule has 1 aliphatic rings. The average Bonchev–Trinajstić information content (AvgIpc) is 2.81. The third kappa shape index (κ3) is 2.85. The van der Waals surface area contributed by atoms with Crippen LogP contribution < -0.4 is 0 Å². The van der Waals surface area contributed by atoms with Gasteiger partial charge in [-0.15, -0.1) is 11.3 Å². The Kier molecular flexibility index (Phi) is 4.14. The van der Waals surface area contributed by atoms with Crippen LogP contribution in [-0.2, 0) is 0 Å². The summed E-state index contributed by atoms with van der Waals surface area (Å²) in [6.07, 6.45) is 3.26. The Morgan fingerprint density at radius 1 is 1.59 bits per heavy atom. The summed E-state index contributed by atoms with van der Waals surface area (Å²) in [6, 6.07) is 2.33. The van der Waals surface area contributed by atoms with Crippen molar-refractivity contribution in [3.05, 3.63) is 16.1 Å². The first-order valence-corrected chi connectivity index (χ1v) is 7.16. The molecule has 3 nitrogen and oxygen atoms in total. The molecule has 92 valence electrons. The molecule has 0 aliphatic carbocycles. The Bertz CT molecular complexity index is 399. The van der Waals surface area contributed by atoms with Crippen LogP contribution in [0.5, 0.6) is 0 Å². The fourth-order valence-electron chi connectivity index (χ4n) is 2.27. The first-order chi connectivity index (χ1) is 8.24. The molecule has 2 rings (SSSR count). The summed E-state index contributed by atoms with van der Waals surface area (Å²) in [5.41, 5.74) is 0.980. The lowest BCUT2D eigenvalue weighted by Crippen LogP contribution is -2.29. The summed E-state index contributed by atoms with van der Waals surface area (Å²) in [5, 5.41) is 12.4. The van der Waals surface area contributed by atoms with Crippen molar-refractivity contribution in [3.63, 3.8) is 0 Å². The number of nitriles is 1. The lowest BCUT2D eigenvalue weighted by molar-refractivity contribution is 0.255. The number of hydrogen-bond donors (Lipinski definition) is 0. The molecule has 0 saturated carbocycles. The van der Waals surface area contributed by atoms with Crippen molar-refractivity contribution >= 4 is 11.3 Å². The van der Waals surface area contributed by atoms with Crippen LogP contribution >= 0.6 is 11.3 Å². The maximum Gasteiger partial charge on any atom is 0.0960 e. The van der Waals surface area contributed by atoms with Crippen molar-refractivity contribution in [1.82, 2.24) is 9.88 Å². The molecule has 1 fully saturated rings. The van der Waals surface area contributed by atoms with E-state index in [1.165, 1.54) is 17.8 Å². The van der Waals surface area contributed by atoms with E-state index >= 15 is 0 Å². The summed E-state index contributed by atoms with van der Waals surface area (Å²) in [4.78, 5) is 7.05. The number of piperidine rings is 1. The molecule has 0 spiro atoms. The second-order valence-electron chi connectivity index (χ2n) is 4.78. The minimum atomic E-state index is -0.0220. The number of likely N-dealkylation sites (tertiary alicyclic amines) is 1. The Morgan fingerprint density at radius 2 is 2.29 bits per heavy atom. The molecule has 0 aromatic carbocycles. The fraction of sp³-hybridized carbons (Fsp3) is 0.692. The van der Waals surface area contributed by atoms with Crippen LogP contribution in [0.2, 0.25) is 0 Å². The van der Waals surface area contributed by atoms with Crippen LogP contribution in [0.3, 0.4) is 0 Å². The van der Waals surface area contributed by atoms with Crippen LogP contribution in [0.4, 0.5) is 0 Å². The smallest absolute Gasteiger partial charge is 0.0960 e. The normalized spacial score (nSPS) is 20.1. The molecule has 17 heavy (non-hydrogen) atoms. The topological polar surface area (TPSA) is 39.9 Å². The molecular formula is C13H19N3S. The minimum Gasteiger partial charge on any atom is -0.306 e. The average molecular weight is 249 g/mol. The molecule has 1 aromatic rings. The second-order valence-corrected chi connectivity index (χ2v) is 5.67. The zero-order valence-electron chi connectivity index (χ0n) is 10.5. The first kappa shape index (κ1) is 12.5. The predicted octanol–water partition coefficient (Wildman–Crippen LogP) is 2.97. The first-order valence-electron chi connectivity index (χ1n) is 6.28. The molecule has 0 radical (unpaired) electrons. The lowest BCUT2D eigenvalue weighted by atomic mass is 9.98. The van der Waals surface area contributed by atoms with Gasteiger partial charge in [-0.2, -0.15) is 5.26 Å². The maximum atomic E-state index is 9.04. The molecule has 2 heterocycles. The summed E-state index contributed by atoms with van der Waals surface area (Å²) in [7, 11) is 2.17. The molecule has 4 heteroatoms. The van der Waals surface area contributed by atoms with E-state index in [1.807, 2.05) is 6.92 Å². The Morgan fingerprint density at radius 3 is 2.88 bits per heavy atom. The third-order valence-electron chi connectivity index (χ3n) is 3.53. The SMILES string of the molecule is CCC(C#N)c1csc(C2CCN(C)CC2)n1.